The third-order valence-corrected chi connectivity index (χ3v) is 8.43. The Morgan fingerprint density at radius 3 is 1.68 bits per heavy atom. The molecule has 1 unspecified atom stereocenters. The second-order valence-corrected chi connectivity index (χ2v) is 13.3. The molecule has 0 saturated heterocycles. The molecule has 0 aromatic carbocycles. The maximum absolute atomic E-state index is 13.4. The van der Waals surface area contributed by atoms with Gasteiger partial charge in [-0.15, -0.1) is 0 Å². The van der Waals surface area contributed by atoms with Gasteiger partial charge in [-0.05, 0) is 74.0 Å². The summed E-state index contributed by atoms with van der Waals surface area (Å²) in [6.07, 6.45) is -5.06. The number of carbonyl (C=O) groups is 2. The van der Waals surface area contributed by atoms with Gasteiger partial charge in [-0.25, -0.2) is 0 Å². The maximum Gasteiger partial charge on any atom is 0.411 e. The highest BCUT2D eigenvalue weighted by Crippen LogP contribution is 2.57. The summed E-state index contributed by atoms with van der Waals surface area (Å²) in [6.45, 7) is 7.57. The minimum atomic E-state index is -5.88. The van der Waals surface area contributed by atoms with E-state index in [0.29, 0.717) is 17.8 Å². The third kappa shape index (κ3) is 7.16. The van der Waals surface area contributed by atoms with Crippen molar-refractivity contribution in [1.82, 2.24) is 0 Å². The lowest BCUT2D eigenvalue weighted by atomic mass is 9.54. The Bertz CT molecular complexity index is 810. The van der Waals surface area contributed by atoms with E-state index in [0.717, 1.165) is 19.3 Å². The predicted octanol–water partition coefficient (Wildman–Crippen LogP) is 6.88. The first kappa shape index (κ1) is 31.0. The van der Waals surface area contributed by atoms with Gasteiger partial charge < -0.3 is 14.2 Å². The Labute approximate surface area is 220 Å². The maximum atomic E-state index is 13.4. The van der Waals surface area contributed by atoms with Crippen LogP contribution in [0.4, 0.5) is 26.3 Å². The number of rotatable bonds is 10. The molecule has 4 aliphatic rings. The Morgan fingerprint density at radius 1 is 0.816 bits per heavy atom. The van der Waals surface area contributed by atoms with Crippen molar-refractivity contribution in [2.24, 2.45) is 40.4 Å². The predicted molar refractivity (Wildman–Crippen MR) is 126 cm³/mol. The van der Waals surface area contributed by atoms with E-state index < -0.39 is 53.6 Å². The van der Waals surface area contributed by atoms with Crippen LogP contribution in [0.25, 0.3) is 0 Å². The molecule has 1 atom stereocenters. The molecular formula is C27H40F6O5. The molecule has 0 radical (unpaired) electrons. The first-order valence-electron chi connectivity index (χ1n) is 13.4. The van der Waals surface area contributed by atoms with Crippen molar-refractivity contribution in [2.75, 3.05) is 19.8 Å². The summed E-state index contributed by atoms with van der Waals surface area (Å²) in [7, 11) is 0. The SMILES string of the molecule is CC(C)C(COC(=O)C(C(F)(F)F)C(F)(F)F)(CC(C)(C)C)C(=O)OCCOC12CC3CC(CC(C3)C1)C2. The van der Waals surface area contributed by atoms with Gasteiger partial charge in [-0.2, -0.15) is 26.3 Å². The zero-order valence-electron chi connectivity index (χ0n) is 22.8. The fraction of sp³-hybridized carbons (Fsp3) is 0.926. The number of esters is 2. The first-order chi connectivity index (χ1) is 17.3. The van der Waals surface area contributed by atoms with E-state index in [1.165, 1.54) is 19.3 Å². The molecule has 4 aliphatic carbocycles. The van der Waals surface area contributed by atoms with E-state index in [9.17, 15) is 35.9 Å². The molecular weight excluding hydrogens is 518 g/mol. The molecule has 0 amide bonds. The summed E-state index contributed by atoms with van der Waals surface area (Å²) in [5.41, 5.74) is -2.43. The zero-order chi connectivity index (χ0) is 28.7. The summed E-state index contributed by atoms with van der Waals surface area (Å²) in [4.78, 5) is 25.4. The Kier molecular flexibility index (Phi) is 8.82. The first-order valence-corrected chi connectivity index (χ1v) is 13.4. The average Bonchev–Trinajstić information content (AvgIpc) is 2.70. The number of hydrogen-bond acceptors (Lipinski definition) is 5. The molecule has 0 spiro atoms. The van der Waals surface area contributed by atoms with E-state index in [-0.39, 0.29) is 25.2 Å². The Balaban J connectivity index is 1.67. The number of ether oxygens (including phenoxy) is 3. The largest absolute Gasteiger partial charge is 0.464 e. The van der Waals surface area contributed by atoms with Gasteiger partial charge in [0, 0.05) is 0 Å². The molecule has 0 heterocycles. The monoisotopic (exact) mass is 558 g/mol. The second-order valence-electron chi connectivity index (χ2n) is 13.3. The second kappa shape index (κ2) is 10.8. The van der Waals surface area contributed by atoms with E-state index in [2.05, 4.69) is 4.74 Å². The Morgan fingerprint density at radius 2 is 1.29 bits per heavy atom. The van der Waals surface area contributed by atoms with Crippen molar-refractivity contribution in [3.05, 3.63) is 0 Å². The highest BCUT2D eigenvalue weighted by Gasteiger charge is 2.63. The van der Waals surface area contributed by atoms with Gasteiger partial charge in [0.25, 0.3) is 0 Å². The molecule has 4 fully saturated rings. The molecule has 38 heavy (non-hydrogen) atoms. The van der Waals surface area contributed by atoms with E-state index in [4.69, 9.17) is 9.47 Å². The van der Waals surface area contributed by atoms with Gasteiger partial charge in [0.1, 0.15) is 18.6 Å². The van der Waals surface area contributed by atoms with Crippen LogP contribution in [0.1, 0.15) is 79.6 Å². The summed E-state index contributed by atoms with van der Waals surface area (Å²) >= 11 is 0. The van der Waals surface area contributed by atoms with E-state index in [1.807, 2.05) is 0 Å². The van der Waals surface area contributed by atoms with Gasteiger partial charge in [0.05, 0.1) is 12.2 Å². The van der Waals surface area contributed by atoms with Gasteiger partial charge in [0.2, 0.25) is 5.92 Å². The van der Waals surface area contributed by atoms with Gasteiger partial charge in [0.15, 0.2) is 0 Å². The van der Waals surface area contributed by atoms with Crippen molar-refractivity contribution in [3.63, 3.8) is 0 Å². The van der Waals surface area contributed by atoms with Crippen LogP contribution in [0.3, 0.4) is 0 Å². The zero-order valence-corrected chi connectivity index (χ0v) is 22.8. The van der Waals surface area contributed by atoms with E-state index in [1.54, 1.807) is 34.6 Å². The standard InChI is InChI=1S/C27H40F6O5/c1-16(2)25(14-23(3,4)5,15-37-21(34)20(26(28,29)30)27(31,32)33)22(35)36-6-7-38-24-11-17-8-18(12-24)10-19(9-17)13-24/h16-20H,6-15H2,1-5H3. The molecule has 220 valence electrons. The molecule has 11 heteroatoms. The van der Waals surface area contributed by atoms with Crippen molar-refractivity contribution in [1.29, 1.82) is 0 Å². The molecule has 4 rings (SSSR count). The fourth-order valence-corrected chi connectivity index (χ4v) is 7.22. The molecule has 0 aliphatic heterocycles. The molecule has 5 nitrogen and oxygen atoms in total. The van der Waals surface area contributed by atoms with Crippen molar-refractivity contribution in [2.45, 2.75) is 97.5 Å². The summed E-state index contributed by atoms with van der Waals surface area (Å²) in [5.74, 6) is -6.23. The molecule has 4 saturated carbocycles. The van der Waals surface area contributed by atoms with Crippen LogP contribution in [0, 0.1) is 40.4 Å². The van der Waals surface area contributed by atoms with Gasteiger partial charge >= 0.3 is 24.3 Å². The number of hydrogen-bond donors (Lipinski definition) is 0. The lowest BCUT2D eigenvalue weighted by Gasteiger charge is -2.56. The van der Waals surface area contributed by atoms with E-state index >= 15 is 0 Å². The van der Waals surface area contributed by atoms with Crippen LogP contribution in [0.5, 0.6) is 0 Å². The minimum Gasteiger partial charge on any atom is -0.464 e. The average molecular weight is 559 g/mol. The van der Waals surface area contributed by atoms with Crippen molar-refractivity contribution < 1.29 is 50.1 Å². The minimum absolute atomic E-state index is 0.0162. The Hall–Kier alpha value is -1.52. The summed E-state index contributed by atoms with van der Waals surface area (Å²) in [6, 6.07) is 0. The molecule has 0 aromatic rings. The van der Waals surface area contributed by atoms with Crippen LogP contribution < -0.4 is 0 Å². The van der Waals surface area contributed by atoms with Crippen molar-refractivity contribution >= 4 is 11.9 Å². The van der Waals surface area contributed by atoms with Crippen LogP contribution in [-0.2, 0) is 23.8 Å². The quantitative estimate of drug-likeness (QED) is 0.166. The smallest absolute Gasteiger partial charge is 0.411 e. The van der Waals surface area contributed by atoms with Crippen LogP contribution in [-0.4, -0.2) is 49.7 Å². The number of alkyl halides is 6. The van der Waals surface area contributed by atoms with Crippen LogP contribution in [0.2, 0.25) is 0 Å². The number of carbonyl (C=O) groups excluding carboxylic acids is 2. The van der Waals surface area contributed by atoms with Gasteiger partial charge in [-0.1, -0.05) is 34.6 Å². The van der Waals surface area contributed by atoms with Gasteiger partial charge in [-0.3, -0.25) is 9.59 Å². The highest BCUT2D eigenvalue weighted by atomic mass is 19.4. The highest BCUT2D eigenvalue weighted by molar-refractivity contribution is 5.79. The third-order valence-electron chi connectivity index (χ3n) is 8.43. The van der Waals surface area contributed by atoms with Crippen LogP contribution in [0.15, 0.2) is 0 Å². The lowest BCUT2D eigenvalue weighted by Crippen LogP contribution is -2.52. The van der Waals surface area contributed by atoms with Crippen LogP contribution >= 0.6 is 0 Å². The fourth-order valence-electron chi connectivity index (χ4n) is 7.22. The molecule has 0 aromatic heterocycles. The summed E-state index contributed by atoms with van der Waals surface area (Å²) < 4.78 is 94.5. The molecule has 0 N–H and O–H groups in total. The summed E-state index contributed by atoms with van der Waals surface area (Å²) in [5, 5.41) is 0. The lowest BCUT2D eigenvalue weighted by molar-refractivity contribution is -0.282. The normalized spacial score (nSPS) is 29.0. The molecule has 4 bridgehead atoms. The number of halogens is 6. The van der Waals surface area contributed by atoms with Crippen molar-refractivity contribution in [3.8, 4) is 0 Å². The topological polar surface area (TPSA) is 61.8 Å².